The van der Waals surface area contributed by atoms with Crippen molar-refractivity contribution in [3.8, 4) is 0 Å². The molecule has 0 saturated heterocycles. The van der Waals surface area contributed by atoms with Gasteiger partial charge in [-0.3, -0.25) is 14.4 Å². The van der Waals surface area contributed by atoms with Gasteiger partial charge in [0.05, 0.1) is 21.4 Å². The van der Waals surface area contributed by atoms with Crippen molar-refractivity contribution in [2.45, 2.75) is 11.3 Å². The number of hydrogen-bond donors (Lipinski definition) is 2. The molecule has 2 amide bonds. The Balaban J connectivity index is 1.24. The standard InChI is InChI=1S/C28H23N3O6S/c32-26-21-12-5-7-14-25(21)37-18-23(26)28(34)30-16-8-15-29-27(33)22-17-31(24-13-6-4-11-20(22)24)38(35,36)19-9-2-1-3-10-19/h1-7,9-14,17-18H,8,15-16H2,(H,29,33)(H,30,34). The Morgan fingerprint density at radius 3 is 2.11 bits per heavy atom. The molecule has 0 aliphatic rings. The molecule has 2 heterocycles. The van der Waals surface area contributed by atoms with Crippen LogP contribution in [0.15, 0.2) is 105 Å². The summed E-state index contributed by atoms with van der Waals surface area (Å²) in [6.07, 6.45) is 2.85. The van der Waals surface area contributed by atoms with Gasteiger partial charge in [0.1, 0.15) is 17.4 Å². The first kappa shape index (κ1) is 25.0. The molecule has 0 radical (unpaired) electrons. The van der Waals surface area contributed by atoms with Gasteiger partial charge in [0.15, 0.2) is 0 Å². The van der Waals surface area contributed by atoms with E-state index < -0.39 is 27.3 Å². The molecule has 2 aromatic heterocycles. The lowest BCUT2D eigenvalue weighted by atomic mass is 10.1. The summed E-state index contributed by atoms with van der Waals surface area (Å²) in [6.45, 7) is 0.423. The van der Waals surface area contributed by atoms with Crippen molar-refractivity contribution in [2.75, 3.05) is 13.1 Å². The van der Waals surface area contributed by atoms with Crippen LogP contribution >= 0.6 is 0 Å². The molecular formula is C28H23N3O6S. The third-order valence-electron chi connectivity index (χ3n) is 6.07. The number of hydrogen-bond acceptors (Lipinski definition) is 6. The molecular weight excluding hydrogens is 506 g/mol. The van der Waals surface area contributed by atoms with Crippen molar-refractivity contribution in [2.24, 2.45) is 0 Å². The third-order valence-corrected chi connectivity index (χ3v) is 7.76. The number of amides is 2. The van der Waals surface area contributed by atoms with E-state index in [-0.39, 0.29) is 29.1 Å². The summed E-state index contributed by atoms with van der Waals surface area (Å²) >= 11 is 0. The van der Waals surface area contributed by atoms with Gasteiger partial charge in [-0.05, 0) is 36.8 Å². The topological polar surface area (TPSA) is 127 Å². The van der Waals surface area contributed by atoms with Crippen LogP contribution in [0.25, 0.3) is 21.9 Å². The molecule has 5 rings (SSSR count). The number of nitrogens with one attached hydrogen (secondary N) is 2. The molecule has 9 nitrogen and oxygen atoms in total. The van der Waals surface area contributed by atoms with E-state index >= 15 is 0 Å². The smallest absolute Gasteiger partial charge is 0.268 e. The van der Waals surface area contributed by atoms with E-state index in [0.717, 1.165) is 10.2 Å². The lowest BCUT2D eigenvalue weighted by molar-refractivity contribution is 0.0950. The summed E-state index contributed by atoms with van der Waals surface area (Å²) in [5, 5.41) is 6.24. The highest BCUT2D eigenvalue weighted by atomic mass is 32.2. The van der Waals surface area contributed by atoms with Gasteiger partial charge < -0.3 is 15.1 Å². The summed E-state index contributed by atoms with van der Waals surface area (Å²) in [5.74, 6) is -1.00. The number of carbonyl (C=O) groups is 2. The van der Waals surface area contributed by atoms with E-state index in [9.17, 15) is 22.8 Å². The Morgan fingerprint density at radius 1 is 0.763 bits per heavy atom. The fourth-order valence-electron chi connectivity index (χ4n) is 4.15. The summed E-state index contributed by atoms with van der Waals surface area (Å²) in [6, 6.07) is 21.4. The highest BCUT2D eigenvalue weighted by Gasteiger charge is 2.23. The number of rotatable bonds is 8. The number of aromatic nitrogens is 1. The first-order chi connectivity index (χ1) is 18.4. The van der Waals surface area contributed by atoms with Crippen molar-refractivity contribution in [3.63, 3.8) is 0 Å². The molecule has 0 spiro atoms. The van der Waals surface area contributed by atoms with Crippen molar-refractivity contribution in [1.29, 1.82) is 0 Å². The van der Waals surface area contributed by atoms with Crippen molar-refractivity contribution in [3.05, 3.63) is 113 Å². The van der Waals surface area contributed by atoms with Crippen molar-refractivity contribution in [1.82, 2.24) is 14.6 Å². The van der Waals surface area contributed by atoms with Gasteiger partial charge in [0, 0.05) is 24.7 Å². The largest absolute Gasteiger partial charge is 0.463 e. The third kappa shape index (κ3) is 4.69. The maximum absolute atomic E-state index is 13.2. The quantitative estimate of drug-likeness (QED) is 0.296. The number of fused-ring (bicyclic) bond motifs is 2. The van der Waals surface area contributed by atoms with Gasteiger partial charge in [0.2, 0.25) is 5.43 Å². The highest BCUT2D eigenvalue weighted by molar-refractivity contribution is 7.90. The number of nitrogens with zero attached hydrogens (tertiary/aromatic N) is 1. The molecule has 3 aromatic carbocycles. The minimum absolute atomic E-state index is 0.0971. The average molecular weight is 530 g/mol. The second-order valence-electron chi connectivity index (χ2n) is 8.51. The summed E-state index contributed by atoms with van der Waals surface area (Å²) in [5.41, 5.74) is 0.496. The van der Waals surface area contributed by atoms with Gasteiger partial charge >= 0.3 is 0 Å². The molecule has 192 valence electrons. The first-order valence-electron chi connectivity index (χ1n) is 11.9. The Kier molecular flexibility index (Phi) is 6.80. The maximum Gasteiger partial charge on any atom is 0.268 e. The normalized spacial score (nSPS) is 11.5. The number of benzene rings is 3. The number of para-hydroxylation sites is 2. The molecule has 2 N–H and O–H groups in total. The fraction of sp³-hybridized carbons (Fsp3) is 0.107. The van der Waals surface area contributed by atoms with E-state index in [2.05, 4.69) is 10.6 Å². The summed E-state index contributed by atoms with van der Waals surface area (Å²) in [7, 11) is -3.90. The van der Waals surface area contributed by atoms with Crippen LogP contribution in [0.2, 0.25) is 0 Å². The minimum Gasteiger partial charge on any atom is -0.463 e. The maximum atomic E-state index is 13.2. The molecule has 0 saturated carbocycles. The molecule has 0 aliphatic carbocycles. The molecule has 38 heavy (non-hydrogen) atoms. The molecule has 0 bridgehead atoms. The van der Waals surface area contributed by atoms with Gasteiger partial charge in [-0.15, -0.1) is 0 Å². The van der Waals surface area contributed by atoms with Crippen LogP contribution in [0.1, 0.15) is 27.1 Å². The zero-order valence-electron chi connectivity index (χ0n) is 20.1. The molecule has 0 fully saturated rings. The zero-order valence-corrected chi connectivity index (χ0v) is 20.9. The van der Waals surface area contributed by atoms with Crippen LogP contribution in [0.5, 0.6) is 0 Å². The average Bonchev–Trinajstić information content (AvgIpc) is 3.34. The molecule has 0 aliphatic heterocycles. The van der Waals surface area contributed by atoms with Crippen LogP contribution in [-0.2, 0) is 10.0 Å². The second kappa shape index (κ2) is 10.3. The van der Waals surface area contributed by atoms with E-state index in [1.807, 2.05) is 0 Å². The van der Waals surface area contributed by atoms with Gasteiger partial charge in [0.25, 0.3) is 21.8 Å². The monoisotopic (exact) mass is 529 g/mol. The van der Waals surface area contributed by atoms with Crippen LogP contribution in [-0.4, -0.2) is 37.3 Å². The zero-order chi connectivity index (χ0) is 26.7. The Labute approximate surface area is 217 Å². The van der Waals surface area contributed by atoms with Gasteiger partial charge in [-0.25, -0.2) is 12.4 Å². The molecule has 10 heteroatoms. The Morgan fingerprint density at radius 2 is 1.37 bits per heavy atom. The predicted molar refractivity (Wildman–Crippen MR) is 143 cm³/mol. The SMILES string of the molecule is O=C(NCCCNC(=O)c1cn(S(=O)(=O)c2ccccc2)c2ccccc12)c1coc2ccccc2c1=O. The van der Waals surface area contributed by atoms with Crippen LogP contribution in [0, 0.1) is 0 Å². The van der Waals surface area contributed by atoms with Gasteiger partial charge in [-0.1, -0.05) is 48.5 Å². The van der Waals surface area contributed by atoms with E-state index in [1.54, 1.807) is 66.7 Å². The first-order valence-corrected chi connectivity index (χ1v) is 13.3. The molecule has 0 unspecified atom stereocenters. The van der Waals surface area contributed by atoms with Crippen LogP contribution in [0.3, 0.4) is 0 Å². The van der Waals surface area contributed by atoms with Crippen LogP contribution < -0.4 is 16.1 Å². The lowest BCUT2D eigenvalue weighted by Gasteiger charge is -2.07. The lowest BCUT2D eigenvalue weighted by Crippen LogP contribution is -2.32. The van der Waals surface area contributed by atoms with Crippen molar-refractivity contribution < 1.29 is 22.4 Å². The predicted octanol–water partition coefficient (Wildman–Crippen LogP) is 3.53. The van der Waals surface area contributed by atoms with E-state index in [0.29, 0.717) is 28.3 Å². The Bertz CT molecular complexity index is 1820. The molecule has 5 aromatic rings. The summed E-state index contributed by atoms with van der Waals surface area (Å²) < 4.78 is 32.9. The van der Waals surface area contributed by atoms with Crippen molar-refractivity contribution >= 4 is 43.7 Å². The fourth-order valence-corrected chi connectivity index (χ4v) is 5.54. The molecule has 0 atom stereocenters. The van der Waals surface area contributed by atoms with Gasteiger partial charge in [-0.2, -0.15) is 0 Å². The van der Waals surface area contributed by atoms with E-state index in [1.165, 1.54) is 18.3 Å². The minimum atomic E-state index is -3.90. The second-order valence-corrected chi connectivity index (χ2v) is 10.3. The highest BCUT2D eigenvalue weighted by Crippen LogP contribution is 2.26. The van der Waals surface area contributed by atoms with Crippen LogP contribution in [0.4, 0.5) is 0 Å². The number of carbonyl (C=O) groups excluding carboxylic acids is 2. The van der Waals surface area contributed by atoms with E-state index in [4.69, 9.17) is 4.42 Å². The summed E-state index contributed by atoms with van der Waals surface area (Å²) in [4.78, 5) is 38.1. The Hall–Kier alpha value is -4.70.